The summed E-state index contributed by atoms with van der Waals surface area (Å²) in [5.41, 5.74) is 0.570. The smallest absolute Gasteiger partial charge is 0.0471 e. The highest BCUT2D eigenvalue weighted by atomic mass is 16.5. The van der Waals surface area contributed by atoms with Gasteiger partial charge in [0.2, 0.25) is 0 Å². The van der Waals surface area contributed by atoms with Crippen molar-refractivity contribution >= 4 is 0 Å². The van der Waals surface area contributed by atoms with Crippen molar-refractivity contribution in [1.29, 1.82) is 0 Å². The summed E-state index contributed by atoms with van der Waals surface area (Å²) >= 11 is 0. The SMILES string of the molecule is CCCCOCCC1(C(C)NC)CC1. The molecule has 0 bridgehead atoms. The number of hydrogen-bond donors (Lipinski definition) is 1. The maximum Gasteiger partial charge on any atom is 0.0471 e. The third kappa shape index (κ3) is 3.25. The molecule has 1 fully saturated rings. The number of unbranched alkanes of at least 4 members (excludes halogenated alkanes) is 1. The molecule has 0 aromatic heterocycles. The Hall–Kier alpha value is -0.0800. The second-order valence-corrected chi connectivity index (χ2v) is 4.59. The minimum atomic E-state index is 0.570. The first kappa shape index (κ1) is 12.0. The molecule has 1 N–H and O–H groups in total. The molecule has 0 radical (unpaired) electrons. The van der Waals surface area contributed by atoms with Gasteiger partial charge in [-0.15, -0.1) is 0 Å². The van der Waals surface area contributed by atoms with Crippen LogP contribution in [0.2, 0.25) is 0 Å². The average molecular weight is 199 g/mol. The molecule has 1 unspecified atom stereocenters. The van der Waals surface area contributed by atoms with E-state index >= 15 is 0 Å². The van der Waals surface area contributed by atoms with Crippen molar-refractivity contribution in [3.63, 3.8) is 0 Å². The van der Waals surface area contributed by atoms with Crippen LogP contribution in [0.1, 0.15) is 46.0 Å². The zero-order valence-corrected chi connectivity index (χ0v) is 9.94. The largest absolute Gasteiger partial charge is 0.381 e. The molecule has 0 aromatic rings. The van der Waals surface area contributed by atoms with E-state index in [1.807, 2.05) is 0 Å². The van der Waals surface area contributed by atoms with E-state index in [0.29, 0.717) is 11.5 Å². The molecule has 1 rings (SSSR count). The molecule has 0 aromatic carbocycles. The lowest BCUT2D eigenvalue weighted by atomic mass is 9.94. The van der Waals surface area contributed by atoms with Gasteiger partial charge < -0.3 is 10.1 Å². The lowest BCUT2D eigenvalue weighted by Crippen LogP contribution is -2.32. The molecule has 0 saturated heterocycles. The van der Waals surface area contributed by atoms with Crippen LogP contribution in [-0.4, -0.2) is 26.3 Å². The van der Waals surface area contributed by atoms with Gasteiger partial charge in [0.05, 0.1) is 0 Å². The first-order valence-electron chi connectivity index (χ1n) is 6.00. The van der Waals surface area contributed by atoms with Crippen molar-refractivity contribution in [2.75, 3.05) is 20.3 Å². The standard InChI is InChI=1S/C12H25NO/c1-4-5-9-14-10-8-12(6-7-12)11(2)13-3/h11,13H,4-10H2,1-3H3. The van der Waals surface area contributed by atoms with Gasteiger partial charge in [0.1, 0.15) is 0 Å². The van der Waals surface area contributed by atoms with Gasteiger partial charge in [-0.3, -0.25) is 0 Å². The molecule has 0 spiro atoms. The van der Waals surface area contributed by atoms with Gasteiger partial charge in [0, 0.05) is 19.3 Å². The summed E-state index contributed by atoms with van der Waals surface area (Å²) < 4.78 is 5.62. The van der Waals surface area contributed by atoms with E-state index in [2.05, 4.69) is 26.2 Å². The van der Waals surface area contributed by atoms with Crippen LogP contribution >= 0.6 is 0 Å². The van der Waals surface area contributed by atoms with Crippen molar-refractivity contribution < 1.29 is 4.74 Å². The highest BCUT2D eigenvalue weighted by Gasteiger charge is 2.45. The Morgan fingerprint density at radius 3 is 2.57 bits per heavy atom. The average Bonchev–Trinajstić information content (AvgIpc) is 2.98. The molecule has 1 aliphatic carbocycles. The van der Waals surface area contributed by atoms with Crippen LogP contribution in [0.5, 0.6) is 0 Å². The highest BCUT2D eigenvalue weighted by Crippen LogP contribution is 2.51. The molecule has 84 valence electrons. The highest BCUT2D eigenvalue weighted by molar-refractivity contribution is 4.99. The van der Waals surface area contributed by atoms with Crippen LogP contribution in [-0.2, 0) is 4.74 Å². The van der Waals surface area contributed by atoms with Gasteiger partial charge in [-0.05, 0) is 45.1 Å². The fourth-order valence-electron chi connectivity index (χ4n) is 1.99. The fourth-order valence-corrected chi connectivity index (χ4v) is 1.99. The van der Waals surface area contributed by atoms with Crippen molar-refractivity contribution in [1.82, 2.24) is 5.32 Å². The summed E-state index contributed by atoms with van der Waals surface area (Å²) in [7, 11) is 2.06. The molecule has 2 heteroatoms. The summed E-state index contributed by atoms with van der Waals surface area (Å²) in [5, 5.41) is 3.36. The van der Waals surface area contributed by atoms with E-state index in [1.165, 1.54) is 32.1 Å². The maximum absolute atomic E-state index is 5.62. The Bertz CT molecular complexity index is 154. The maximum atomic E-state index is 5.62. The van der Waals surface area contributed by atoms with Crippen LogP contribution in [0.3, 0.4) is 0 Å². The molecule has 2 nitrogen and oxygen atoms in total. The fraction of sp³-hybridized carbons (Fsp3) is 1.00. The Balaban J connectivity index is 2.06. The van der Waals surface area contributed by atoms with Gasteiger partial charge >= 0.3 is 0 Å². The molecule has 0 amide bonds. The van der Waals surface area contributed by atoms with Crippen LogP contribution in [0.4, 0.5) is 0 Å². The number of nitrogens with one attached hydrogen (secondary N) is 1. The summed E-state index contributed by atoms with van der Waals surface area (Å²) in [6.45, 7) is 6.39. The van der Waals surface area contributed by atoms with Gasteiger partial charge in [0.15, 0.2) is 0 Å². The normalized spacial score (nSPS) is 20.8. The van der Waals surface area contributed by atoms with Gasteiger partial charge in [0.25, 0.3) is 0 Å². The van der Waals surface area contributed by atoms with E-state index < -0.39 is 0 Å². The quantitative estimate of drug-likeness (QED) is 0.607. The Labute approximate surface area is 88.4 Å². The van der Waals surface area contributed by atoms with Crippen LogP contribution in [0.15, 0.2) is 0 Å². The molecule has 0 heterocycles. The van der Waals surface area contributed by atoms with E-state index in [1.54, 1.807) is 0 Å². The zero-order chi connectivity index (χ0) is 10.4. The summed E-state index contributed by atoms with van der Waals surface area (Å²) in [6, 6.07) is 0.650. The van der Waals surface area contributed by atoms with Crippen molar-refractivity contribution in [2.45, 2.75) is 52.0 Å². The molecule has 1 atom stereocenters. The lowest BCUT2D eigenvalue weighted by Gasteiger charge is -2.22. The minimum Gasteiger partial charge on any atom is -0.381 e. The summed E-state index contributed by atoms with van der Waals surface area (Å²) in [4.78, 5) is 0. The van der Waals surface area contributed by atoms with Crippen molar-refractivity contribution in [2.24, 2.45) is 5.41 Å². The molecule has 1 aliphatic rings. The molecule has 14 heavy (non-hydrogen) atoms. The Morgan fingerprint density at radius 2 is 2.07 bits per heavy atom. The van der Waals surface area contributed by atoms with Crippen LogP contribution < -0.4 is 5.32 Å². The van der Waals surface area contributed by atoms with Crippen LogP contribution in [0.25, 0.3) is 0 Å². The summed E-state index contributed by atoms with van der Waals surface area (Å²) in [6.07, 6.45) is 6.43. The monoisotopic (exact) mass is 199 g/mol. The number of ether oxygens (including phenoxy) is 1. The number of hydrogen-bond acceptors (Lipinski definition) is 2. The Morgan fingerprint density at radius 1 is 1.36 bits per heavy atom. The van der Waals surface area contributed by atoms with Crippen molar-refractivity contribution in [3.05, 3.63) is 0 Å². The minimum absolute atomic E-state index is 0.570. The molecule has 1 saturated carbocycles. The molecular weight excluding hydrogens is 174 g/mol. The second-order valence-electron chi connectivity index (χ2n) is 4.59. The summed E-state index contributed by atoms with van der Waals surface area (Å²) in [5.74, 6) is 0. The van der Waals surface area contributed by atoms with E-state index in [9.17, 15) is 0 Å². The molecular formula is C12H25NO. The van der Waals surface area contributed by atoms with E-state index in [-0.39, 0.29) is 0 Å². The van der Waals surface area contributed by atoms with E-state index in [0.717, 1.165) is 13.2 Å². The lowest BCUT2D eigenvalue weighted by molar-refractivity contribution is 0.108. The van der Waals surface area contributed by atoms with Crippen LogP contribution in [0, 0.1) is 5.41 Å². The van der Waals surface area contributed by atoms with Gasteiger partial charge in [-0.2, -0.15) is 0 Å². The predicted molar refractivity (Wildman–Crippen MR) is 60.5 cm³/mol. The number of rotatable bonds is 8. The van der Waals surface area contributed by atoms with Gasteiger partial charge in [-0.25, -0.2) is 0 Å². The zero-order valence-electron chi connectivity index (χ0n) is 9.94. The van der Waals surface area contributed by atoms with Crippen molar-refractivity contribution in [3.8, 4) is 0 Å². The first-order valence-corrected chi connectivity index (χ1v) is 6.00. The second kappa shape index (κ2) is 5.72. The van der Waals surface area contributed by atoms with E-state index in [4.69, 9.17) is 4.74 Å². The third-order valence-corrected chi connectivity index (χ3v) is 3.63. The predicted octanol–water partition coefficient (Wildman–Crippen LogP) is 2.58. The third-order valence-electron chi connectivity index (χ3n) is 3.63. The molecule has 0 aliphatic heterocycles. The Kier molecular flexibility index (Phi) is 4.90. The first-order chi connectivity index (χ1) is 6.75. The van der Waals surface area contributed by atoms with Gasteiger partial charge in [-0.1, -0.05) is 13.3 Å². The topological polar surface area (TPSA) is 21.3 Å².